The Balaban J connectivity index is 2.00. The quantitative estimate of drug-likeness (QED) is 0.461. The molecular formula is C16H12BrFN2O5. The van der Waals surface area contributed by atoms with Crippen molar-refractivity contribution >= 4 is 39.2 Å². The van der Waals surface area contributed by atoms with Crippen molar-refractivity contribution in [1.82, 2.24) is 0 Å². The molecule has 0 spiro atoms. The second-order valence-electron chi connectivity index (χ2n) is 5.00. The number of rotatable bonds is 5. The normalized spacial score (nSPS) is 10.2. The van der Waals surface area contributed by atoms with E-state index in [1.54, 1.807) is 6.92 Å². The summed E-state index contributed by atoms with van der Waals surface area (Å²) in [6.45, 7) is 1.08. The van der Waals surface area contributed by atoms with Crippen molar-refractivity contribution in [3.05, 3.63) is 67.9 Å². The molecule has 0 saturated carbocycles. The molecule has 25 heavy (non-hydrogen) atoms. The van der Waals surface area contributed by atoms with Crippen LogP contribution in [0.3, 0.4) is 0 Å². The summed E-state index contributed by atoms with van der Waals surface area (Å²) in [4.78, 5) is 34.0. The summed E-state index contributed by atoms with van der Waals surface area (Å²) < 4.78 is 18.1. The van der Waals surface area contributed by atoms with Gasteiger partial charge in [0.25, 0.3) is 11.6 Å². The molecule has 2 rings (SSSR count). The predicted molar refractivity (Wildman–Crippen MR) is 90.8 cm³/mol. The molecule has 7 nitrogen and oxygen atoms in total. The number of ether oxygens (including phenoxy) is 1. The molecule has 0 radical (unpaired) electrons. The van der Waals surface area contributed by atoms with Crippen LogP contribution in [0.1, 0.15) is 15.9 Å². The summed E-state index contributed by atoms with van der Waals surface area (Å²) in [5, 5.41) is 13.2. The van der Waals surface area contributed by atoms with Gasteiger partial charge in [0.2, 0.25) is 0 Å². The number of hydrogen-bond acceptors (Lipinski definition) is 5. The van der Waals surface area contributed by atoms with E-state index in [2.05, 4.69) is 21.2 Å². The predicted octanol–water partition coefficient (Wildman–Crippen LogP) is 3.60. The van der Waals surface area contributed by atoms with Crippen LogP contribution in [0.5, 0.6) is 0 Å². The molecule has 2 aromatic carbocycles. The van der Waals surface area contributed by atoms with Crippen LogP contribution in [-0.2, 0) is 9.53 Å². The lowest BCUT2D eigenvalue weighted by Gasteiger charge is -2.09. The molecule has 0 atom stereocenters. The Morgan fingerprint density at radius 3 is 2.64 bits per heavy atom. The maximum atomic E-state index is 13.0. The molecule has 9 heteroatoms. The Morgan fingerprint density at radius 2 is 2.00 bits per heavy atom. The van der Waals surface area contributed by atoms with E-state index in [9.17, 15) is 24.1 Å². The topological polar surface area (TPSA) is 98.5 Å². The first kappa shape index (κ1) is 18.5. The Labute approximate surface area is 150 Å². The van der Waals surface area contributed by atoms with Gasteiger partial charge < -0.3 is 10.1 Å². The largest absolute Gasteiger partial charge is 0.452 e. The number of anilines is 1. The number of halogens is 2. The SMILES string of the molecule is Cc1ccc([N+](=O)[O-])cc1NC(=O)COC(=O)c1ccc(F)cc1Br. The number of nitro groups is 1. The number of nitrogens with one attached hydrogen (secondary N) is 1. The number of hydrogen-bond donors (Lipinski definition) is 1. The van der Waals surface area contributed by atoms with Gasteiger partial charge >= 0.3 is 5.97 Å². The molecule has 0 aliphatic carbocycles. The Hall–Kier alpha value is -2.81. The first-order valence-corrected chi connectivity index (χ1v) is 7.74. The lowest BCUT2D eigenvalue weighted by atomic mass is 10.2. The summed E-state index contributed by atoms with van der Waals surface area (Å²) >= 11 is 3.03. The van der Waals surface area contributed by atoms with Gasteiger partial charge in [-0.2, -0.15) is 0 Å². The summed E-state index contributed by atoms with van der Waals surface area (Å²) in [6.07, 6.45) is 0. The van der Waals surface area contributed by atoms with E-state index < -0.39 is 29.2 Å². The maximum absolute atomic E-state index is 13.0. The highest BCUT2D eigenvalue weighted by atomic mass is 79.9. The van der Waals surface area contributed by atoms with Crippen LogP contribution in [0.2, 0.25) is 0 Å². The zero-order valence-electron chi connectivity index (χ0n) is 12.9. The van der Waals surface area contributed by atoms with Crippen LogP contribution in [0.15, 0.2) is 40.9 Å². The third kappa shape index (κ3) is 4.83. The van der Waals surface area contributed by atoms with Crippen LogP contribution in [0.25, 0.3) is 0 Å². The maximum Gasteiger partial charge on any atom is 0.339 e. The lowest BCUT2D eigenvalue weighted by Crippen LogP contribution is -2.21. The zero-order valence-corrected chi connectivity index (χ0v) is 14.5. The van der Waals surface area contributed by atoms with Gasteiger partial charge in [0.1, 0.15) is 5.82 Å². The average molecular weight is 411 g/mol. The van der Waals surface area contributed by atoms with Crippen molar-refractivity contribution in [3.63, 3.8) is 0 Å². The van der Waals surface area contributed by atoms with Gasteiger partial charge in [0.15, 0.2) is 6.61 Å². The number of carbonyl (C=O) groups is 2. The number of amides is 1. The van der Waals surface area contributed by atoms with Gasteiger partial charge in [0.05, 0.1) is 16.2 Å². The van der Waals surface area contributed by atoms with E-state index in [0.29, 0.717) is 5.56 Å². The Bertz CT molecular complexity index is 856. The van der Waals surface area contributed by atoms with Gasteiger partial charge in [-0.05, 0) is 46.6 Å². The van der Waals surface area contributed by atoms with Crippen LogP contribution >= 0.6 is 15.9 Å². The number of carbonyl (C=O) groups excluding carboxylic acids is 2. The number of nitrogens with zero attached hydrogens (tertiary/aromatic N) is 1. The van der Waals surface area contributed by atoms with Gasteiger partial charge in [-0.25, -0.2) is 9.18 Å². The monoisotopic (exact) mass is 410 g/mol. The van der Waals surface area contributed by atoms with E-state index >= 15 is 0 Å². The highest BCUT2D eigenvalue weighted by Crippen LogP contribution is 2.22. The fraction of sp³-hybridized carbons (Fsp3) is 0.125. The molecular weight excluding hydrogens is 399 g/mol. The van der Waals surface area contributed by atoms with E-state index in [4.69, 9.17) is 4.74 Å². The van der Waals surface area contributed by atoms with Crippen molar-refractivity contribution in [1.29, 1.82) is 0 Å². The van der Waals surface area contributed by atoms with E-state index in [-0.39, 0.29) is 21.4 Å². The molecule has 0 fully saturated rings. The minimum absolute atomic E-state index is 0.0701. The molecule has 0 aromatic heterocycles. The van der Waals surface area contributed by atoms with Gasteiger partial charge in [-0.3, -0.25) is 14.9 Å². The van der Waals surface area contributed by atoms with E-state index in [1.165, 1.54) is 24.3 Å². The molecule has 1 N–H and O–H groups in total. The number of non-ortho nitro benzene ring substituents is 1. The van der Waals surface area contributed by atoms with Gasteiger partial charge in [0, 0.05) is 16.6 Å². The molecule has 0 unspecified atom stereocenters. The smallest absolute Gasteiger partial charge is 0.339 e. The third-order valence-corrected chi connectivity index (χ3v) is 3.85. The number of aryl methyl sites for hydroxylation is 1. The summed E-state index contributed by atoms with van der Waals surface area (Å²) in [5.74, 6) is -1.99. The Morgan fingerprint density at radius 1 is 1.28 bits per heavy atom. The number of esters is 1. The highest BCUT2D eigenvalue weighted by Gasteiger charge is 2.15. The second kappa shape index (κ2) is 7.84. The van der Waals surface area contributed by atoms with Crippen LogP contribution in [0, 0.1) is 22.9 Å². The molecule has 0 saturated heterocycles. The van der Waals surface area contributed by atoms with E-state index in [0.717, 1.165) is 12.1 Å². The standard InChI is InChI=1S/C16H12BrFN2O5/c1-9-2-4-11(20(23)24)7-14(9)19-15(21)8-25-16(22)12-5-3-10(18)6-13(12)17/h2-7H,8H2,1H3,(H,19,21). The molecule has 1 amide bonds. The molecule has 2 aromatic rings. The first-order valence-electron chi connectivity index (χ1n) is 6.95. The fourth-order valence-electron chi connectivity index (χ4n) is 1.91. The summed E-state index contributed by atoms with van der Waals surface area (Å²) in [6, 6.07) is 7.44. The fourth-order valence-corrected chi connectivity index (χ4v) is 2.42. The molecule has 130 valence electrons. The third-order valence-electron chi connectivity index (χ3n) is 3.19. The van der Waals surface area contributed by atoms with Crippen LogP contribution in [0.4, 0.5) is 15.8 Å². The summed E-state index contributed by atoms with van der Waals surface area (Å²) in [5.41, 5.74) is 0.763. The van der Waals surface area contributed by atoms with Crippen LogP contribution in [-0.4, -0.2) is 23.4 Å². The average Bonchev–Trinajstić information content (AvgIpc) is 2.54. The Kier molecular flexibility index (Phi) is 5.81. The molecule has 0 heterocycles. The minimum atomic E-state index is -0.808. The van der Waals surface area contributed by atoms with Crippen LogP contribution < -0.4 is 5.32 Å². The molecule has 0 aliphatic rings. The van der Waals surface area contributed by atoms with Crippen molar-refractivity contribution in [2.45, 2.75) is 6.92 Å². The zero-order chi connectivity index (χ0) is 18.6. The summed E-state index contributed by atoms with van der Waals surface area (Å²) in [7, 11) is 0. The molecule has 0 bridgehead atoms. The van der Waals surface area contributed by atoms with Crippen molar-refractivity contribution < 1.29 is 23.6 Å². The van der Waals surface area contributed by atoms with Crippen molar-refractivity contribution in [2.24, 2.45) is 0 Å². The molecule has 0 aliphatic heterocycles. The number of benzene rings is 2. The second-order valence-corrected chi connectivity index (χ2v) is 5.86. The highest BCUT2D eigenvalue weighted by molar-refractivity contribution is 9.10. The lowest BCUT2D eigenvalue weighted by molar-refractivity contribution is -0.384. The minimum Gasteiger partial charge on any atom is -0.452 e. The van der Waals surface area contributed by atoms with Gasteiger partial charge in [-0.15, -0.1) is 0 Å². The van der Waals surface area contributed by atoms with Crippen molar-refractivity contribution in [2.75, 3.05) is 11.9 Å². The van der Waals surface area contributed by atoms with E-state index in [1.807, 2.05) is 0 Å². The van der Waals surface area contributed by atoms with Gasteiger partial charge in [-0.1, -0.05) is 6.07 Å². The first-order chi connectivity index (χ1) is 11.8. The number of nitro benzene ring substituents is 1. The van der Waals surface area contributed by atoms with Crippen molar-refractivity contribution in [3.8, 4) is 0 Å².